The lowest BCUT2D eigenvalue weighted by atomic mass is 10.1. The van der Waals surface area contributed by atoms with Crippen LogP contribution in [0.3, 0.4) is 0 Å². The minimum absolute atomic E-state index is 0.159. The quantitative estimate of drug-likeness (QED) is 0.831. The van der Waals surface area contributed by atoms with Crippen LogP contribution in [-0.4, -0.2) is 24.9 Å². The number of sulfone groups is 1. The molecule has 5 heteroatoms. The van der Waals surface area contributed by atoms with Crippen LogP contribution in [0.5, 0.6) is 0 Å². The Morgan fingerprint density at radius 2 is 1.94 bits per heavy atom. The average Bonchev–Trinajstić information content (AvgIpc) is 2.93. The van der Waals surface area contributed by atoms with E-state index in [2.05, 4.69) is 5.38 Å². The Hall–Kier alpha value is -0.420. The van der Waals surface area contributed by atoms with Crippen molar-refractivity contribution in [1.29, 1.82) is 0 Å². The van der Waals surface area contributed by atoms with E-state index in [9.17, 15) is 8.42 Å². The summed E-state index contributed by atoms with van der Waals surface area (Å²) in [5.41, 5.74) is 1.03. The van der Waals surface area contributed by atoms with Gasteiger partial charge in [-0.3, -0.25) is 0 Å². The molecule has 3 rings (SSSR count). The highest BCUT2D eigenvalue weighted by molar-refractivity contribution is 7.91. The summed E-state index contributed by atoms with van der Waals surface area (Å²) >= 11 is 1.73. The van der Waals surface area contributed by atoms with Crippen molar-refractivity contribution in [2.45, 2.75) is 43.9 Å². The molecule has 17 heavy (non-hydrogen) atoms. The maximum atomic E-state index is 11.5. The van der Waals surface area contributed by atoms with E-state index in [1.165, 1.54) is 30.7 Å². The van der Waals surface area contributed by atoms with Gasteiger partial charge in [0, 0.05) is 17.2 Å². The molecule has 0 amide bonds. The molecule has 1 saturated heterocycles. The molecule has 1 aliphatic carbocycles. The molecule has 0 spiro atoms. The van der Waals surface area contributed by atoms with Crippen molar-refractivity contribution in [2.75, 3.05) is 11.5 Å². The first-order chi connectivity index (χ1) is 8.14. The molecule has 1 aliphatic heterocycles. The molecule has 1 saturated carbocycles. The molecular weight excluding hydrogens is 254 g/mol. The number of nitrogens with zero attached hydrogens (tertiary/aromatic N) is 1. The van der Waals surface area contributed by atoms with Crippen molar-refractivity contribution >= 4 is 21.2 Å². The van der Waals surface area contributed by atoms with E-state index in [0.29, 0.717) is 17.4 Å². The molecule has 94 valence electrons. The van der Waals surface area contributed by atoms with E-state index >= 15 is 0 Å². The monoisotopic (exact) mass is 271 g/mol. The van der Waals surface area contributed by atoms with Gasteiger partial charge in [0.25, 0.3) is 0 Å². The fraction of sp³-hybridized carbons (Fsp3) is 0.750. The van der Waals surface area contributed by atoms with Crippen molar-refractivity contribution in [1.82, 2.24) is 4.98 Å². The van der Waals surface area contributed by atoms with Crippen molar-refractivity contribution in [2.24, 2.45) is 0 Å². The second-order valence-corrected chi connectivity index (χ2v) is 8.31. The predicted octanol–water partition coefficient (Wildman–Crippen LogP) is 2.70. The molecule has 2 aliphatic rings. The lowest BCUT2D eigenvalue weighted by molar-refractivity contribution is 0.601. The summed E-state index contributed by atoms with van der Waals surface area (Å²) in [6.07, 6.45) is 5.91. The maximum absolute atomic E-state index is 11.5. The van der Waals surface area contributed by atoms with E-state index in [0.717, 1.165) is 12.1 Å². The summed E-state index contributed by atoms with van der Waals surface area (Å²) < 4.78 is 22.9. The fourth-order valence-corrected chi connectivity index (χ4v) is 5.71. The van der Waals surface area contributed by atoms with Crippen molar-refractivity contribution in [3.63, 3.8) is 0 Å². The van der Waals surface area contributed by atoms with Gasteiger partial charge in [-0.05, 0) is 19.3 Å². The highest BCUT2D eigenvalue weighted by Gasteiger charge is 2.31. The third-order valence-electron chi connectivity index (χ3n) is 3.89. The second-order valence-electron chi connectivity index (χ2n) is 5.19. The topological polar surface area (TPSA) is 47.0 Å². The molecule has 0 N–H and O–H groups in total. The van der Waals surface area contributed by atoms with Crippen LogP contribution < -0.4 is 0 Å². The molecule has 1 aromatic heterocycles. The second kappa shape index (κ2) is 4.35. The zero-order chi connectivity index (χ0) is 11.9. The zero-order valence-corrected chi connectivity index (χ0v) is 11.4. The summed E-state index contributed by atoms with van der Waals surface area (Å²) in [6.45, 7) is 0. The summed E-state index contributed by atoms with van der Waals surface area (Å²) in [7, 11) is -2.79. The van der Waals surface area contributed by atoms with Gasteiger partial charge in [0.05, 0.1) is 22.2 Å². The molecule has 0 radical (unpaired) electrons. The Labute approximate surface area is 106 Å². The van der Waals surface area contributed by atoms with Crippen LogP contribution >= 0.6 is 11.3 Å². The number of aromatic nitrogens is 1. The van der Waals surface area contributed by atoms with Crippen LogP contribution in [0, 0.1) is 0 Å². The number of hydrogen-bond acceptors (Lipinski definition) is 4. The smallest absolute Gasteiger partial charge is 0.151 e. The molecule has 1 atom stereocenters. The average molecular weight is 271 g/mol. The summed E-state index contributed by atoms with van der Waals surface area (Å²) in [6, 6.07) is 0. The van der Waals surface area contributed by atoms with Crippen LogP contribution in [0.4, 0.5) is 0 Å². The molecule has 3 nitrogen and oxygen atoms in total. The highest BCUT2D eigenvalue weighted by Crippen LogP contribution is 2.37. The largest absolute Gasteiger partial charge is 0.246 e. The Balaban J connectivity index is 1.76. The van der Waals surface area contributed by atoms with E-state index in [1.54, 1.807) is 11.3 Å². The van der Waals surface area contributed by atoms with E-state index in [1.807, 2.05) is 0 Å². The molecule has 2 heterocycles. The summed E-state index contributed by atoms with van der Waals surface area (Å²) in [4.78, 5) is 4.69. The summed E-state index contributed by atoms with van der Waals surface area (Å²) in [5.74, 6) is 1.45. The number of hydrogen-bond donors (Lipinski definition) is 0. The normalized spacial score (nSPS) is 28.8. The highest BCUT2D eigenvalue weighted by atomic mass is 32.2. The Morgan fingerprint density at radius 3 is 2.59 bits per heavy atom. The van der Waals surface area contributed by atoms with E-state index < -0.39 is 9.84 Å². The number of rotatable bonds is 2. The van der Waals surface area contributed by atoms with Crippen LogP contribution in [0.25, 0.3) is 0 Å². The minimum Gasteiger partial charge on any atom is -0.246 e. The van der Waals surface area contributed by atoms with Gasteiger partial charge in [-0.15, -0.1) is 11.3 Å². The predicted molar refractivity (Wildman–Crippen MR) is 69.3 cm³/mol. The van der Waals surface area contributed by atoms with Crippen LogP contribution in [0.15, 0.2) is 5.38 Å². The Bertz CT molecular complexity index is 500. The lowest BCUT2D eigenvalue weighted by Crippen LogP contribution is -2.04. The zero-order valence-electron chi connectivity index (χ0n) is 9.76. The maximum Gasteiger partial charge on any atom is 0.151 e. The van der Waals surface area contributed by atoms with Gasteiger partial charge < -0.3 is 0 Å². The van der Waals surface area contributed by atoms with E-state index in [-0.39, 0.29) is 5.92 Å². The van der Waals surface area contributed by atoms with Gasteiger partial charge in [-0.1, -0.05) is 12.8 Å². The first-order valence-corrected chi connectivity index (χ1v) is 9.00. The minimum atomic E-state index is -2.79. The van der Waals surface area contributed by atoms with Crippen molar-refractivity contribution in [3.05, 3.63) is 16.1 Å². The summed E-state index contributed by atoms with van der Waals surface area (Å²) in [5, 5.41) is 3.32. The van der Waals surface area contributed by atoms with Crippen LogP contribution in [-0.2, 0) is 9.84 Å². The molecule has 2 fully saturated rings. The van der Waals surface area contributed by atoms with Gasteiger partial charge in [0.1, 0.15) is 0 Å². The van der Waals surface area contributed by atoms with Gasteiger partial charge in [-0.25, -0.2) is 13.4 Å². The van der Waals surface area contributed by atoms with Crippen LogP contribution in [0.2, 0.25) is 0 Å². The lowest BCUT2D eigenvalue weighted by Gasteiger charge is -2.05. The molecule has 0 bridgehead atoms. The molecular formula is C12H17NO2S2. The van der Waals surface area contributed by atoms with Gasteiger partial charge >= 0.3 is 0 Å². The van der Waals surface area contributed by atoms with Gasteiger partial charge in [0.2, 0.25) is 0 Å². The number of thiazole rings is 1. The fourth-order valence-electron chi connectivity index (χ4n) is 2.88. The Kier molecular flexibility index (Phi) is 2.99. The first kappa shape index (κ1) is 11.7. The van der Waals surface area contributed by atoms with Crippen LogP contribution in [0.1, 0.15) is 54.6 Å². The first-order valence-electron chi connectivity index (χ1n) is 6.30. The van der Waals surface area contributed by atoms with Gasteiger partial charge in [-0.2, -0.15) is 0 Å². The van der Waals surface area contributed by atoms with E-state index in [4.69, 9.17) is 4.98 Å². The van der Waals surface area contributed by atoms with Crippen molar-refractivity contribution in [3.8, 4) is 0 Å². The standard InChI is InChI=1S/C12H17NO2S2/c14-17(15)6-5-10(8-17)11-7-16-12(13-11)9-3-1-2-4-9/h7,9-10H,1-6,8H2. The molecule has 1 unspecified atom stereocenters. The SMILES string of the molecule is O=S1(=O)CCC(c2csc(C3CCCC3)n2)C1. The molecule has 1 aromatic rings. The third-order valence-corrected chi connectivity index (χ3v) is 6.69. The third kappa shape index (κ3) is 2.40. The molecule has 0 aromatic carbocycles. The van der Waals surface area contributed by atoms with Crippen molar-refractivity contribution < 1.29 is 8.42 Å². The van der Waals surface area contributed by atoms with Gasteiger partial charge in [0.15, 0.2) is 9.84 Å². The Morgan fingerprint density at radius 1 is 1.18 bits per heavy atom.